The van der Waals surface area contributed by atoms with Gasteiger partial charge in [0.15, 0.2) is 24.0 Å². The number of imidazole rings is 1. The molecular weight excluding hydrogens is 280 g/mol. The van der Waals surface area contributed by atoms with Gasteiger partial charge in [-0.05, 0) is 0 Å². The molecule has 0 aliphatic carbocycles. The predicted octanol–water partition coefficient (Wildman–Crippen LogP) is -0.575. The molecule has 2 aromatic heterocycles. The lowest BCUT2D eigenvalue weighted by Gasteiger charge is -2.12. The van der Waals surface area contributed by atoms with Crippen molar-refractivity contribution in [3.63, 3.8) is 0 Å². The lowest BCUT2D eigenvalue weighted by Crippen LogP contribution is -2.19. The molecule has 10 heteroatoms. The largest absolute Gasteiger partial charge is 0.460 e. The average Bonchev–Trinajstić information content (AvgIpc) is 3.02. The smallest absolute Gasteiger partial charge is 0.302 e. The number of carbonyl (C=O) groups is 1. The Bertz CT molecular complexity index is 687. The molecule has 0 saturated carbocycles. The van der Waals surface area contributed by atoms with Crippen molar-refractivity contribution >= 4 is 28.9 Å². The number of anilines is 2. The van der Waals surface area contributed by atoms with Crippen LogP contribution in [-0.4, -0.2) is 45.0 Å². The summed E-state index contributed by atoms with van der Waals surface area (Å²) in [5, 5.41) is 0. The summed E-state index contributed by atoms with van der Waals surface area (Å²) < 4.78 is 17.5. The molecule has 0 spiro atoms. The van der Waals surface area contributed by atoms with Crippen molar-refractivity contribution in [2.75, 3.05) is 24.7 Å². The number of ether oxygens (including phenoxy) is 3. The van der Waals surface area contributed by atoms with Crippen LogP contribution in [0.4, 0.5) is 11.8 Å². The molecular formula is C11H14N6O4. The highest BCUT2D eigenvalue weighted by molar-refractivity contribution is 5.82. The summed E-state index contributed by atoms with van der Waals surface area (Å²) in [5.74, 6) is -0.143. The zero-order valence-electron chi connectivity index (χ0n) is 11.2. The first kappa shape index (κ1) is 13.5. The molecule has 112 valence electrons. The summed E-state index contributed by atoms with van der Waals surface area (Å²) in [7, 11) is 0. The lowest BCUT2D eigenvalue weighted by atomic mass is 10.5. The number of nitrogens with zero attached hydrogens (tertiary/aromatic N) is 4. The quantitative estimate of drug-likeness (QED) is 0.711. The van der Waals surface area contributed by atoms with Crippen molar-refractivity contribution in [3.05, 3.63) is 6.33 Å². The van der Waals surface area contributed by atoms with Gasteiger partial charge < -0.3 is 25.7 Å². The fourth-order valence-electron chi connectivity index (χ4n) is 2.03. The Balaban J connectivity index is 1.81. The Kier molecular flexibility index (Phi) is 3.31. The minimum Gasteiger partial charge on any atom is -0.460 e. The van der Waals surface area contributed by atoms with Crippen LogP contribution in [-0.2, 0) is 19.0 Å². The predicted molar refractivity (Wildman–Crippen MR) is 70.6 cm³/mol. The van der Waals surface area contributed by atoms with Gasteiger partial charge in [-0.2, -0.15) is 9.97 Å². The third-order valence-corrected chi connectivity index (χ3v) is 2.93. The molecule has 2 aromatic rings. The van der Waals surface area contributed by atoms with Crippen LogP contribution in [0.1, 0.15) is 13.2 Å². The topological polar surface area (TPSA) is 140 Å². The van der Waals surface area contributed by atoms with Crippen molar-refractivity contribution in [1.82, 2.24) is 19.5 Å². The summed E-state index contributed by atoms with van der Waals surface area (Å²) in [6.07, 6.45) is 0.439. The Labute approximate surface area is 119 Å². The van der Waals surface area contributed by atoms with E-state index in [1.807, 2.05) is 0 Å². The Morgan fingerprint density at radius 3 is 3.10 bits per heavy atom. The van der Waals surface area contributed by atoms with Crippen LogP contribution < -0.4 is 11.5 Å². The number of hydrogen-bond acceptors (Lipinski definition) is 9. The van der Waals surface area contributed by atoms with E-state index in [0.717, 1.165) is 0 Å². The number of hydrogen-bond donors (Lipinski definition) is 2. The second-order valence-corrected chi connectivity index (χ2v) is 4.45. The van der Waals surface area contributed by atoms with Crippen molar-refractivity contribution in [2.24, 2.45) is 0 Å². The molecule has 1 saturated heterocycles. The highest BCUT2D eigenvalue weighted by Crippen LogP contribution is 2.26. The normalized spacial score (nSPS) is 21.8. The van der Waals surface area contributed by atoms with Gasteiger partial charge in [0.1, 0.15) is 12.1 Å². The van der Waals surface area contributed by atoms with E-state index in [0.29, 0.717) is 11.2 Å². The summed E-state index contributed by atoms with van der Waals surface area (Å²) in [6, 6.07) is 0. The van der Waals surface area contributed by atoms with E-state index in [1.165, 1.54) is 13.3 Å². The third-order valence-electron chi connectivity index (χ3n) is 2.93. The number of esters is 1. The maximum atomic E-state index is 10.8. The van der Waals surface area contributed by atoms with Crippen LogP contribution in [0.25, 0.3) is 11.2 Å². The fourth-order valence-corrected chi connectivity index (χ4v) is 2.03. The van der Waals surface area contributed by atoms with Crippen LogP contribution in [0.3, 0.4) is 0 Å². The van der Waals surface area contributed by atoms with E-state index in [1.54, 1.807) is 4.57 Å². The summed E-state index contributed by atoms with van der Waals surface area (Å²) in [5.41, 5.74) is 12.2. The molecule has 0 bridgehead atoms. The maximum Gasteiger partial charge on any atom is 0.302 e. The Morgan fingerprint density at radius 2 is 2.33 bits per heavy atom. The molecule has 0 amide bonds. The van der Waals surface area contributed by atoms with E-state index >= 15 is 0 Å². The van der Waals surface area contributed by atoms with E-state index < -0.39 is 18.5 Å². The highest BCUT2D eigenvalue weighted by Gasteiger charge is 2.29. The minimum atomic E-state index is -0.632. The molecule has 1 aliphatic heterocycles. The zero-order valence-corrected chi connectivity index (χ0v) is 11.2. The molecule has 2 atom stereocenters. The molecule has 1 fully saturated rings. The van der Waals surface area contributed by atoms with Crippen molar-refractivity contribution in [3.8, 4) is 0 Å². The molecule has 3 rings (SSSR count). The molecule has 21 heavy (non-hydrogen) atoms. The van der Waals surface area contributed by atoms with Crippen molar-refractivity contribution in [2.45, 2.75) is 19.4 Å². The second kappa shape index (κ2) is 5.14. The van der Waals surface area contributed by atoms with Gasteiger partial charge in [-0.25, -0.2) is 4.98 Å². The standard InChI is InChI=1S/C11H14N6O4/c1-5(18)19-3-7-20-2-6(21-7)17-4-14-8-9(12)15-11(13)16-10(8)17/h4,6-7H,2-3H2,1H3,(H4,12,13,15,16)/t6-,7-/m1/s1. The summed E-state index contributed by atoms with van der Waals surface area (Å²) >= 11 is 0. The average molecular weight is 294 g/mol. The number of carbonyl (C=O) groups excluding carboxylic acids is 1. The first-order valence-electron chi connectivity index (χ1n) is 6.20. The summed E-state index contributed by atoms with van der Waals surface area (Å²) in [6.45, 7) is 1.61. The zero-order chi connectivity index (χ0) is 15.0. The van der Waals surface area contributed by atoms with Gasteiger partial charge in [0.05, 0.1) is 12.9 Å². The third kappa shape index (κ3) is 2.58. The van der Waals surface area contributed by atoms with Crippen molar-refractivity contribution < 1.29 is 19.0 Å². The SMILES string of the molecule is CC(=O)OC[C@@H]1OC[C@H](n2cnc3c(N)nc(N)nc32)O1. The van der Waals surface area contributed by atoms with Crippen LogP contribution in [0, 0.1) is 0 Å². The monoisotopic (exact) mass is 294 g/mol. The van der Waals surface area contributed by atoms with Gasteiger partial charge in [0.25, 0.3) is 0 Å². The molecule has 10 nitrogen and oxygen atoms in total. The van der Waals surface area contributed by atoms with E-state index in [2.05, 4.69) is 15.0 Å². The lowest BCUT2D eigenvalue weighted by molar-refractivity contribution is -0.156. The minimum absolute atomic E-state index is 0.0255. The number of fused-ring (bicyclic) bond motifs is 1. The number of nitrogens with two attached hydrogens (primary N) is 2. The van der Waals surface area contributed by atoms with Gasteiger partial charge in [-0.15, -0.1) is 0 Å². The van der Waals surface area contributed by atoms with Crippen LogP contribution >= 0.6 is 0 Å². The number of aromatic nitrogens is 4. The van der Waals surface area contributed by atoms with E-state index in [9.17, 15) is 4.79 Å². The maximum absolute atomic E-state index is 10.8. The van der Waals surface area contributed by atoms with Gasteiger partial charge in [0.2, 0.25) is 5.95 Å². The fraction of sp³-hybridized carbons (Fsp3) is 0.455. The number of rotatable bonds is 3. The molecule has 0 radical (unpaired) electrons. The Morgan fingerprint density at radius 1 is 1.52 bits per heavy atom. The number of nitrogen functional groups attached to an aromatic ring is 2. The van der Waals surface area contributed by atoms with E-state index in [-0.39, 0.29) is 25.0 Å². The van der Waals surface area contributed by atoms with Crippen LogP contribution in [0.15, 0.2) is 6.33 Å². The summed E-state index contributed by atoms with van der Waals surface area (Å²) in [4.78, 5) is 22.9. The second-order valence-electron chi connectivity index (χ2n) is 4.45. The molecule has 1 aliphatic rings. The van der Waals surface area contributed by atoms with Gasteiger partial charge >= 0.3 is 5.97 Å². The van der Waals surface area contributed by atoms with Gasteiger partial charge in [-0.3, -0.25) is 9.36 Å². The molecule has 0 unspecified atom stereocenters. The first-order chi connectivity index (χ1) is 10.0. The first-order valence-corrected chi connectivity index (χ1v) is 6.20. The van der Waals surface area contributed by atoms with Crippen molar-refractivity contribution in [1.29, 1.82) is 0 Å². The van der Waals surface area contributed by atoms with E-state index in [4.69, 9.17) is 25.7 Å². The van der Waals surface area contributed by atoms with Gasteiger partial charge in [0, 0.05) is 6.92 Å². The highest BCUT2D eigenvalue weighted by atomic mass is 16.7. The molecule has 4 N–H and O–H groups in total. The molecule has 0 aromatic carbocycles. The molecule has 3 heterocycles. The van der Waals surface area contributed by atoms with Gasteiger partial charge in [-0.1, -0.05) is 0 Å². The van der Waals surface area contributed by atoms with Crippen LogP contribution in [0.2, 0.25) is 0 Å². The Hall–Kier alpha value is -2.46. The van der Waals surface area contributed by atoms with Crippen LogP contribution in [0.5, 0.6) is 0 Å².